The average molecular weight is 289 g/mol. The van der Waals surface area contributed by atoms with Gasteiger partial charge >= 0.3 is 0 Å². The molecule has 0 aliphatic carbocycles. The van der Waals surface area contributed by atoms with Gasteiger partial charge in [-0.2, -0.15) is 0 Å². The first-order valence-electron chi connectivity index (χ1n) is 7.96. The molecule has 5 nitrogen and oxygen atoms in total. The number of nitrogens with zero attached hydrogens (tertiary/aromatic N) is 5. The molecular formula is C15H38N5+. The molecule has 0 spiro atoms. The Bertz CT molecular complexity index is 247. The third-order valence-corrected chi connectivity index (χ3v) is 4.14. The number of rotatable bonds is 8. The first-order chi connectivity index (χ1) is 9.14. The van der Waals surface area contributed by atoms with Crippen molar-refractivity contribution >= 4 is 0 Å². The van der Waals surface area contributed by atoms with Crippen LogP contribution in [0.2, 0.25) is 0 Å². The van der Waals surface area contributed by atoms with Crippen molar-refractivity contribution in [1.82, 2.24) is 20.0 Å². The molecule has 0 atom stereocenters. The summed E-state index contributed by atoms with van der Waals surface area (Å²) in [6.45, 7) is 19.7. The lowest BCUT2D eigenvalue weighted by molar-refractivity contribution is -1.28. The summed E-state index contributed by atoms with van der Waals surface area (Å²) in [5.74, 6) is 0. The molecule has 0 aliphatic rings. The Balaban J connectivity index is 6.08. The molecular weight excluding hydrogens is 250 g/mol. The van der Waals surface area contributed by atoms with Crippen molar-refractivity contribution in [2.45, 2.75) is 54.0 Å². The van der Waals surface area contributed by atoms with Gasteiger partial charge in [0.2, 0.25) is 0 Å². The van der Waals surface area contributed by atoms with Crippen LogP contribution in [0.15, 0.2) is 0 Å². The molecule has 20 heavy (non-hydrogen) atoms. The second-order valence-electron chi connectivity index (χ2n) is 6.34. The lowest BCUT2D eigenvalue weighted by atomic mass is 10.1. The number of hydrogen-bond acceptors (Lipinski definition) is 4. The van der Waals surface area contributed by atoms with Gasteiger partial charge in [-0.3, -0.25) is 0 Å². The molecule has 0 heterocycles. The van der Waals surface area contributed by atoms with Gasteiger partial charge in [0.05, 0.1) is 31.7 Å². The maximum absolute atomic E-state index is 2.53. The zero-order valence-electron chi connectivity index (χ0n) is 15.6. The Morgan fingerprint density at radius 3 is 1.10 bits per heavy atom. The minimum atomic E-state index is 0.0744. The quantitative estimate of drug-likeness (QED) is 0.502. The molecule has 0 bridgehead atoms. The highest BCUT2D eigenvalue weighted by molar-refractivity contribution is 4.68. The first-order valence-corrected chi connectivity index (χ1v) is 7.96. The highest BCUT2D eigenvalue weighted by atomic mass is 16.3. The van der Waals surface area contributed by atoms with Crippen LogP contribution in [-0.2, 0) is 0 Å². The molecule has 0 aliphatic heterocycles. The highest BCUT2D eigenvalue weighted by Gasteiger charge is 2.51. The fourth-order valence-electron chi connectivity index (χ4n) is 2.97. The van der Waals surface area contributed by atoms with Gasteiger partial charge in [0.15, 0.2) is 0 Å². The fourth-order valence-corrected chi connectivity index (χ4v) is 2.97. The maximum atomic E-state index is 2.53. The molecule has 122 valence electrons. The van der Waals surface area contributed by atoms with E-state index in [4.69, 9.17) is 0 Å². The van der Waals surface area contributed by atoms with Crippen molar-refractivity contribution in [2.24, 2.45) is 0 Å². The van der Waals surface area contributed by atoms with E-state index in [1.54, 1.807) is 0 Å². The van der Waals surface area contributed by atoms with Gasteiger partial charge in [-0.15, -0.1) is 0 Å². The van der Waals surface area contributed by atoms with Crippen LogP contribution < -0.4 is 0 Å². The zero-order valence-corrected chi connectivity index (χ0v) is 15.6. The van der Waals surface area contributed by atoms with Gasteiger partial charge in [-0.1, -0.05) is 20.0 Å². The summed E-state index contributed by atoms with van der Waals surface area (Å²) in [6.07, 6.45) is 0. The molecule has 0 amide bonds. The summed E-state index contributed by atoms with van der Waals surface area (Å²) < 4.78 is 0. The van der Waals surface area contributed by atoms with Crippen LogP contribution in [0.5, 0.6) is 0 Å². The highest BCUT2D eigenvalue weighted by Crippen LogP contribution is 2.29. The molecule has 0 fully saturated rings. The van der Waals surface area contributed by atoms with Crippen LogP contribution >= 0.6 is 0 Å². The van der Waals surface area contributed by atoms with Crippen molar-refractivity contribution in [3.05, 3.63) is 0 Å². The molecule has 0 aromatic carbocycles. The minimum Gasteiger partial charge on any atom is -0.0991 e. The normalized spacial score (nSPS) is 14.1. The largest absolute Gasteiger partial charge is 0.0991 e. The van der Waals surface area contributed by atoms with Crippen molar-refractivity contribution in [1.29, 1.82) is 0 Å². The molecule has 0 saturated carbocycles. The fraction of sp³-hybridized carbons (Fsp3) is 1.00. The Morgan fingerprint density at radius 2 is 0.950 bits per heavy atom. The van der Waals surface area contributed by atoms with Gasteiger partial charge in [-0.05, 0) is 53.4 Å². The third-order valence-electron chi connectivity index (χ3n) is 4.14. The van der Waals surface area contributed by atoms with Crippen LogP contribution in [-0.4, -0.2) is 77.8 Å². The maximum Gasteiger partial charge on any atom is 0.0674 e. The van der Waals surface area contributed by atoms with Crippen molar-refractivity contribution in [3.8, 4) is 0 Å². The monoisotopic (exact) mass is 288 g/mol. The van der Waals surface area contributed by atoms with Crippen molar-refractivity contribution in [3.63, 3.8) is 0 Å². The van der Waals surface area contributed by atoms with E-state index in [2.05, 4.69) is 89.6 Å². The Labute approximate surface area is 127 Å². The van der Waals surface area contributed by atoms with E-state index in [0.717, 1.165) is 26.2 Å². The average Bonchev–Trinajstić information content (AvgIpc) is 2.40. The van der Waals surface area contributed by atoms with E-state index in [1.807, 2.05) is 0 Å². The smallest absolute Gasteiger partial charge is 0.0674 e. The molecule has 0 unspecified atom stereocenters. The molecule has 0 radical (unpaired) electrons. The van der Waals surface area contributed by atoms with Gasteiger partial charge in [-0.25, -0.2) is 0 Å². The second kappa shape index (κ2) is 7.71. The lowest BCUT2D eigenvalue weighted by Crippen LogP contribution is -2.82. The summed E-state index contributed by atoms with van der Waals surface area (Å²) in [6, 6.07) is 0. The minimum absolute atomic E-state index is 0.0744. The van der Waals surface area contributed by atoms with Gasteiger partial charge in [0.25, 0.3) is 0 Å². The van der Waals surface area contributed by atoms with Crippen LogP contribution in [0.25, 0.3) is 0 Å². The first kappa shape index (κ1) is 19.8. The number of hydrogen-bond donors (Lipinski definition) is 0. The summed E-state index contributed by atoms with van der Waals surface area (Å²) in [4.78, 5) is 0.642. The topological polar surface area (TPSA) is 13.0 Å². The predicted octanol–water partition coefficient (Wildman–Crippen LogP) is 2.44. The molecule has 0 N–H and O–H groups in total. The van der Waals surface area contributed by atoms with Crippen LogP contribution in [0.4, 0.5) is 0 Å². The van der Waals surface area contributed by atoms with E-state index < -0.39 is 0 Å². The van der Waals surface area contributed by atoms with E-state index >= 15 is 0 Å². The van der Waals surface area contributed by atoms with Crippen molar-refractivity contribution < 1.29 is 4.92 Å². The Kier molecular flexibility index (Phi) is 7.63. The van der Waals surface area contributed by atoms with E-state index in [0.29, 0.717) is 4.92 Å². The van der Waals surface area contributed by atoms with E-state index in [9.17, 15) is 0 Å². The molecule has 0 rings (SSSR count). The van der Waals surface area contributed by atoms with Crippen LogP contribution in [0, 0.1) is 0 Å². The summed E-state index contributed by atoms with van der Waals surface area (Å²) in [7, 11) is 6.60. The zero-order chi connectivity index (χ0) is 16.1. The molecule has 5 heteroatoms. The Morgan fingerprint density at radius 1 is 0.650 bits per heavy atom. The summed E-state index contributed by atoms with van der Waals surface area (Å²) in [5.41, 5.74) is 0.0744. The van der Waals surface area contributed by atoms with E-state index in [1.165, 1.54) is 0 Å². The predicted molar refractivity (Wildman–Crippen MR) is 87.3 cm³/mol. The van der Waals surface area contributed by atoms with Crippen molar-refractivity contribution in [2.75, 3.05) is 47.3 Å². The van der Waals surface area contributed by atoms with Gasteiger partial charge < -0.3 is 0 Å². The summed E-state index contributed by atoms with van der Waals surface area (Å²) >= 11 is 0. The molecule has 0 aromatic heterocycles. The van der Waals surface area contributed by atoms with Crippen LogP contribution in [0.1, 0.15) is 48.5 Å². The van der Waals surface area contributed by atoms with Crippen LogP contribution in [0.3, 0.4) is 0 Å². The van der Waals surface area contributed by atoms with Gasteiger partial charge in [0.1, 0.15) is 0 Å². The summed E-state index contributed by atoms with van der Waals surface area (Å²) in [5, 5.41) is 9.70. The molecule has 0 saturated heterocycles. The number of quaternary nitrogens is 1. The van der Waals surface area contributed by atoms with Gasteiger partial charge in [0, 0.05) is 21.1 Å². The van der Waals surface area contributed by atoms with E-state index in [-0.39, 0.29) is 5.54 Å². The standard InChI is InChI=1S/C15H38N5/c1-11-16(8)20(17(9)12-2,18(10)13-3)19(14-4)15(5,6)7/h11-14H2,1-10H3/q+1. The SMILES string of the molecule is CCN(C)[N+](N(C)CC)(N(C)CC)N(CC)C(C)(C)C. The molecule has 0 aromatic rings. The third kappa shape index (κ3) is 3.52. The lowest BCUT2D eigenvalue weighted by Gasteiger charge is -2.57. The Hall–Kier alpha value is -0.200. The second-order valence-corrected chi connectivity index (χ2v) is 6.34.